The molecule has 0 aromatic carbocycles. The van der Waals surface area contributed by atoms with Crippen LogP contribution < -0.4 is 5.73 Å². The third-order valence-electron chi connectivity index (χ3n) is 4.08. The van der Waals surface area contributed by atoms with E-state index in [1.165, 1.54) is 17.3 Å². The molecule has 1 saturated carbocycles. The molecule has 2 heterocycles. The predicted octanol–water partition coefficient (Wildman–Crippen LogP) is 0.949. The summed E-state index contributed by atoms with van der Waals surface area (Å²) in [6.45, 7) is 0.339. The Balaban J connectivity index is 2.06. The summed E-state index contributed by atoms with van der Waals surface area (Å²) in [5.41, 5.74) is 6.23. The molecule has 1 aromatic rings. The van der Waals surface area contributed by atoms with Crippen LogP contribution in [0.1, 0.15) is 46.4 Å². The van der Waals surface area contributed by atoms with E-state index in [0.29, 0.717) is 17.7 Å². The SMILES string of the molecule is NCC1(N2C(=O)c3ccncc3C2=O)CCCC1. The van der Waals surface area contributed by atoms with Crippen molar-refractivity contribution >= 4 is 11.8 Å². The molecule has 0 bridgehead atoms. The highest BCUT2D eigenvalue weighted by atomic mass is 16.2. The summed E-state index contributed by atoms with van der Waals surface area (Å²) in [6.07, 6.45) is 6.66. The highest BCUT2D eigenvalue weighted by Crippen LogP contribution is 2.39. The molecule has 2 aliphatic rings. The first-order valence-corrected chi connectivity index (χ1v) is 6.23. The standard InChI is InChI=1S/C13H15N3O2/c14-8-13(4-1-2-5-13)16-11(17)9-3-6-15-7-10(9)12(16)18/h3,6-7H,1-2,4-5,8,14H2. The summed E-state index contributed by atoms with van der Waals surface area (Å²) in [5.74, 6) is -0.458. The van der Waals surface area contributed by atoms with Crippen LogP contribution >= 0.6 is 0 Å². The summed E-state index contributed by atoms with van der Waals surface area (Å²) < 4.78 is 0. The molecule has 2 N–H and O–H groups in total. The number of fused-ring (bicyclic) bond motifs is 1. The molecule has 0 spiro atoms. The fourth-order valence-electron chi connectivity index (χ4n) is 3.07. The summed E-state index contributed by atoms with van der Waals surface area (Å²) in [4.78, 5) is 30.0. The highest BCUT2D eigenvalue weighted by Gasteiger charge is 2.49. The van der Waals surface area contributed by atoms with Gasteiger partial charge in [-0.25, -0.2) is 0 Å². The average Bonchev–Trinajstić information content (AvgIpc) is 2.96. The number of nitrogens with two attached hydrogens (primary N) is 1. The van der Waals surface area contributed by atoms with Gasteiger partial charge in [0.15, 0.2) is 0 Å². The smallest absolute Gasteiger partial charge is 0.263 e. The Morgan fingerprint density at radius 1 is 1.22 bits per heavy atom. The van der Waals surface area contributed by atoms with Crippen molar-refractivity contribution in [3.63, 3.8) is 0 Å². The quantitative estimate of drug-likeness (QED) is 0.787. The van der Waals surface area contributed by atoms with Gasteiger partial charge in [0.1, 0.15) is 0 Å². The molecule has 3 rings (SSSR count). The molecule has 1 aromatic heterocycles. The lowest BCUT2D eigenvalue weighted by atomic mass is 9.95. The van der Waals surface area contributed by atoms with Crippen molar-refractivity contribution in [2.75, 3.05) is 6.54 Å². The molecule has 5 heteroatoms. The van der Waals surface area contributed by atoms with Crippen LogP contribution in [0, 0.1) is 0 Å². The van der Waals surface area contributed by atoms with E-state index < -0.39 is 5.54 Å². The van der Waals surface area contributed by atoms with E-state index >= 15 is 0 Å². The first-order chi connectivity index (χ1) is 8.69. The largest absolute Gasteiger partial charge is 0.328 e. The Kier molecular flexibility index (Phi) is 2.45. The zero-order valence-corrected chi connectivity index (χ0v) is 10.1. The molecular formula is C13H15N3O2. The number of carbonyl (C=O) groups is 2. The molecule has 1 fully saturated rings. The molecule has 2 amide bonds. The fraction of sp³-hybridized carbons (Fsp3) is 0.462. The van der Waals surface area contributed by atoms with E-state index in [1.54, 1.807) is 6.07 Å². The molecule has 94 valence electrons. The van der Waals surface area contributed by atoms with Gasteiger partial charge in [-0.05, 0) is 18.9 Å². The van der Waals surface area contributed by atoms with Crippen molar-refractivity contribution in [3.05, 3.63) is 29.6 Å². The summed E-state index contributed by atoms with van der Waals surface area (Å²) >= 11 is 0. The zero-order valence-electron chi connectivity index (χ0n) is 10.1. The Labute approximate surface area is 105 Å². The molecule has 18 heavy (non-hydrogen) atoms. The number of hydrogen-bond acceptors (Lipinski definition) is 4. The second kappa shape index (κ2) is 3.88. The minimum atomic E-state index is -0.479. The first-order valence-electron chi connectivity index (χ1n) is 6.23. The number of carbonyl (C=O) groups excluding carboxylic acids is 2. The van der Waals surface area contributed by atoms with Crippen LogP contribution in [0.5, 0.6) is 0 Å². The van der Waals surface area contributed by atoms with E-state index in [4.69, 9.17) is 5.73 Å². The molecular weight excluding hydrogens is 230 g/mol. The van der Waals surface area contributed by atoms with Crippen molar-refractivity contribution in [1.82, 2.24) is 9.88 Å². The van der Waals surface area contributed by atoms with Crippen LogP contribution in [0.25, 0.3) is 0 Å². The van der Waals surface area contributed by atoms with Crippen molar-refractivity contribution in [2.45, 2.75) is 31.2 Å². The Morgan fingerprint density at radius 3 is 2.50 bits per heavy atom. The van der Waals surface area contributed by atoms with Gasteiger partial charge in [-0.15, -0.1) is 0 Å². The van der Waals surface area contributed by atoms with Gasteiger partial charge >= 0.3 is 0 Å². The number of nitrogens with zero attached hydrogens (tertiary/aromatic N) is 2. The van der Waals surface area contributed by atoms with Crippen molar-refractivity contribution in [2.24, 2.45) is 5.73 Å². The van der Waals surface area contributed by atoms with Gasteiger partial charge in [-0.2, -0.15) is 0 Å². The van der Waals surface area contributed by atoms with E-state index in [-0.39, 0.29) is 11.8 Å². The average molecular weight is 245 g/mol. The number of pyridine rings is 1. The third kappa shape index (κ3) is 1.34. The Morgan fingerprint density at radius 2 is 1.89 bits per heavy atom. The first kappa shape index (κ1) is 11.3. The monoisotopic (exact) mass is 245 g/mol. The van der Waals surface area contributed by atoms with E-state index in [0.717, 1.165) is 25.7 Å². The van der Waals surface area contributed by atoms with E-state index in [9.17, 15) is 9.59 Å². The Hall–Kier alpha value is -1.75. The maximum absolute atomic E-state index is 12.4. The number of imide groups is 1. The number of aromatic nitrogens is 1. The van der Waals surface area contributed by atoms with Gasteiger partial charge in [-0.3, -0.25) is 19.5 Å². The van der Waals surface area contributed by atoms with Gasteiger partial charge in [0.25, 0.3) is 11.8 Å². The number of rotatable bonds is 2. The molecule has 0 saturated heterocycles. The molecule has 0 radical (unpaired) electrons. The lowest BCUT2D eigenvalue weighted by Crippen LogP contribution is -2.54. The summed E-state index contributed by atoms with van der Waals surface area (Å²) in [5, 5.41) is 0. The molecule has 1 aliphatic carbocycles. The van der Waals surface area contributed by atoms with Crippen LogP contribution in [-0.2, 0) is 0 Å². The summed E-state index contributed by atoms with van der Waals surface area (Å²) in [7, 11) is 0. The van der Waals surface area contributed by atoms with Gasteiger partial charge in [-0.1, -0.05) is 12.8 Å². The predicted molar refractivity (Wildman–Crippen MR) is 65.0 cm³/mol. The highest BCUT2D eigenvalue weighted by molar-refractivity contribution is 6.21. The molecule has 5 nitrogen and oxygen atoms in total. The second-order valence-corrected chi connectivity index (χ2v) is 5.00. The van der Waals surface area contributed by atoms with E-state index in [1.807, 2.05) is 0 Å². The van der Waals surface area contributed by atoms with E-state index in [2.05, 4.69) is 4.98 Å². The lowest BCUT2D eigenvalue weighted by Gasteiger charge is -2.36. The molecule has 0 unspecified atom stereocenters. The number of hydrogen-bond donors (Lipinski definition) is 1. The van der Waals surface area contributed by atoms with Crippen molar-refractivity contribution < 1.29 is 9.59 Å². The van der Waals surface area contributed by atoms with Gasteiger partial charge in [0, 0.05) is 18.9 Å². The van der Waals surface area contributed by atoms with Crippen LogP contribution in [0.3, 0.4) is 0 Å². The normalized spacial score (nSPS) is 21.5. The second-order valence-electron chi connectivity index (χ2n) is 5.00. The topological polar surface area (TPSA) is 76.3 Å². The van der Waals surface area contributed by atoms with Crippen molar-refractivity contribution in [3.8, 4) is 0 Å². The zero-order chi connectivity index (χ0) is 12.8. The van der Waals surface area contributed by atoms with Crippen LogP contribution in [0.2, 0.25) is 0 Å². The third-order valence-corrected chi connectivity index (χ3v) is 4.08. The fourth-order valence-corrected chi connectivity index (χ4v) is 3.07. The molecule has 1 aliphatic heterocycles. The lowest BCUT2D eigenvalue weighted by molar-refractivity contribution is 0.0443. The van der Waals surface area contributed by atoms with Crippen molar-refractivity contribution in [1.29, 1.82) is 0 Å². The number of amides is 2. The van der Waals surface area contributed by atoms with Gasteiger partial charge in [0.2, 0.25) is 0 Å². The maximum Gasteiger partial charge on any atom is 0.263 e. The summed E-state index contributed by atoms with van der Waals surface area (Å²) in [6, 6.07) is 1.61. The van der Waals surface area contributed by atoms with Gasteiger partial charge in [0.05, 0.1) is 16.7 Å². The van der Waals surface area contributed by atoms with Gasteiger partial charge < -0.3 is 5.73 Å². The maximum atomic E-state index is 12.4. The van der Waals surface area contributed by atoms with Crippen LogP contribution in [-0.4, -0.2) is 33.8 Å². The minimum Gasteiger partial charge on any atom is -0.328 e. The molecule has 0 atom stereocenters. The van der Waals surface area contributed by atoms with Crippen LogP contribution in [0.15, 0.2) is 18.5 Å². The van der Waals surface area contributed by atoms with Crippen LogP contribution in [0.4, 0.5) is 0 Å². The Bertz CT molecular complexity index is 486. The minimum absolute atomic E-state index is 0.218.